The number of carbonyl (C=O) groups excluding carboxylic acids is 2. The standard InChI is InChI=1S/C28H40ClN3O4S/c1-7-26(28(34)30-18-20(2)3)31(19-23-11-8-9-12-25(23)29)27(33)13-10-14-32(37(6,35)36)24-16-21(4)15-22(5)17-24/h8-9,11-12,15-17,20,26H,7,10,13-14,18-19H2,1-6H3,(H,30,34)/t26-/m0/s1. The van der Waals surface area contributed by atoms with Gasteiger partial charge in [0.2, 0.25) is 21.8 Å². The number of sulfonamides is 1. The number of rotatable bonds is 13. The molecule has 0 fully saturated rings. The van der Waals surface area contributed by atoms with Gasteiger partial charge in [-0.15, -0.1) is 0 Å². The molecule has 0 saturated heterocycles. The molecular formula is C28H40ClN3O4S. The molecule has 204 valence electrons. The number of nitrogens with one attached hydrogen (secondary N) is 1. The molecule has 7 nitrogen and oxygen atoms in total. The van der Waals surface area contributed by atoms with Crippen molar-refractivity contribution in [2.24, 2.45) is 5.92 Å². The Morgan fingerprint density at radius 1 is 1.05 bits per heavy atom. The summed E-state index contributed by atoms with van der Waals surface area (Å²) in [5.41, 5.74) is 3.26. The molecule has 2 aromatic carbocycles. The van der Waals surface area contributed by atoms with Crippen molar-refractivity contribution in [1.82, 2.24) is 10.2 Å². The quantitative estimate of drug-likeness (QED) is 0.377. The molecule has 0 spiro atoms. The van der Waals surface area contributed by atoms with Gasteiger partial charge in [0.15, 0.2) is 0 Å². The van der Waals surface area contributed by atoms with Crippen LogP contribution in [0.25, 0.3) is 0 Å². The lowest BCUT2D eigenvalue weighted by atomic mass is 10.1. The number of hydrogen-bond donors (Lipinski definition) is 1. The van der Waals surface area contributed by atoms with Gasteiger partial charge in [-0.25, -0.2) is 8.42 Å². The van der Waals surface area contributed by atoms with Crippen LogP contribution in [0.2, 0.25) is 5.02 Å². The minimum Gasteiger partial charge on any atom is -0.354 e. The van der Waals surface area contributed by atoms with Crippen molar-refractivity contribution >= 4 is 39.1 Å². The second-order valence-electron chi connectivity index (χ2n) is 9.96. The van der Waals surface area contributed by atoms with E-state index >= 15 is 0 Å². The van der Waals surface area contributed by atoms with Crippen LogP contribution in [0.4, 0.5) is 5.69 Å². The third-order valence-electron chi connectivity index (χ3n) is 6.02. The molecule has 2 aromatic rings. The summed E-state index contributed by atoms with van der Waals surface area (Å²) in [6.07, 6.45) is 2.01. The summed E-state index contributed by atoms with van der Waals surface area (Å²) in [6.45, 7) is 10.6. The zero-order valence-electron chi connectivity index (χ0n) is 22.8. The fraction of sp³-hybridized carbons (Fsp3) is 0.500. The van der Waals surface area contributed by atoms with Gasteiger partial charge in [0.1, 0.15) is 6.04 Å². The monoisotopic (exact) mass is 549 g/mol. The summed E-state index contributed by atoms with van der Waals surface area (Å²) in [6, 6.07) is 12.2. The van der Waals surface area contributed by atoms with Crippen LogP contribution < -0.4 is 9.62 Å². The number of carbonyl (C=O) groups is 2. The van der Waals surface area contributed by atoms with Gasteiger partial charge >= 0.3 is 0 Å². The first-order chi connectivity index (χ1) is 17.3. The third-order valence-corrected chi connectivity index (χ3v) is 7.58. The Morgan fingerprint density at radius 3 is 2.22 bits per heavy atom. The van der Waals surface area contributed by atoms with Gasteiger partial charge in [-0.3, -0.25) is 13.9 Å². The van der Waals surface area contributed by atoms with E-state index < -0.39 is 16.1 Å². The van der Waals surface area contributed by atoms with Crippen molar-refractivity contribution < 1.29 is 18.0 Å². The van der Waals surface area contributed by atoms with Gasteiger partial charge in [-0.2, -0.15) is 0 Å². The smallest absolute Gasteiger partial charge is 0.242 e. The Hall–Kier alpha value is -2.58. The van der Waals surface area contributed by atoms with E-state index in [-0.39, 0.29) is 37.2 Å². The molecule has 2 amide bonds. The Bertz CT molecular complexity index is 1160. The van der Waals surface area contributed by atoms with Crippen LogP contribution in [0.1, 0.15) is 56.7 Å². The molecule has 37 heavy (non-hydrogen) atoms. The number of aryl methyl sites for hydroxylation is 2. The molecule has 0 unspecified atom stereocenters. The molecule has 2 rings (SSSR count). The van der Waals surface area contributed by atoms with Gasteiger partial charge in [-0.05, 0) is 67.5 Å². The third kappa shape index (κ3) is 9.34. The first-order valence-electron chi connectivity index (χ1n) is 12.7. The van der Waals surface area contributed by atoms with E-state index in [1.165, 1.54) is 10.6 Å². The Balaban J connectivity index is 2.24. The van der Waals surface area contributed by atoms with Crippen LogP contribution in [0.5, 0.6) is 0 Å². The van der Waals surface area contributed by atoms with Gasteiger partial charge in [0.25, 0.3) is 0 Å². The number of nitrogens with zero attached hydrogens (tertiary/aromatic N) is 2. The van der Waals surface area contributed by atoms with Crippen LogP contribution >= 0.6 is 11.6 Å². The van der Waals surface area contributed by atoms with Crippen LogP contribution in [0.3, 0.4) is 0 Å². The van der Waals surface area contributed by atoms with Crippen molar-refractivity contribution in [1.29, 1.82) is 0 Å². The molecule has 1 atom stereocenters. The summed E-state index contributed by atoms with van der Waals surface area (Å²) < 4.78 is 26.5. The highest BCUT2D eigenvalue weighted by molar-refractivity contribution is 7.92. The minimum atomic E-state index is -3.55. The minimum absolute atomic E-state index is 0.0925. The van der Waals surface area contributed by atoms with E-state index in [0.717, 1.165) is 16.7 Å². The normalized spacial score (nSPS) is 12.3. The molecule has 0 bridgehead atoms. The van der Waals surface area contributed by atoms with Crippen molar-refractivity contribution in [3.05, 3.63) is 64.2 Å². The van der Waals surface area contributed by atoms with Crippen molar-refractivity contribution in [3.8, 4) is 0 Å². The SMILES string of the molecule is CC[C@@H](C(=O)NCC(C)C)N(Cc1ccccc1Cl)C(=O)CCCN(c1cc(C)cc(C)c1)S(C)(=O)=O. The van der Waals surface area contributed by atoms with Crippen LogP contribution in [-0.4, -0.2) is 50.5 Å². The summed E-state index contributed by atoms with van der Waals surface area (Å²) in [5, 5.41) is 3.47. The number of hydrogen-bond acceptors (Lipinski definition) is 4. The zero-order valence-corrected chi connectivity index (χ0v) is 24.3. The molecule has 0 radical (unpaired) electrons. The van der Waals surface area contributed by atoms with Gasteiger partial charge < -0.3 is 10.2 Å². The topological polar surface area (TPSA) is 86.8 Å². The van der Waals surface area contributed by atoms with Crippen molar-refractivity contribution in [2.75, 3.05) is 23.7 Å². The predicted molar refractivity (Wildman–Crippen MR) is 151 cm³/mol. The zero-order chi connectivity index (χ0) is 27.8. The Morgan fingerprint density at radius 2 is 1.68 bits per heavy atom. The Kier molecular flexibility index (Phi) is 11.4. The van der Waals surface area contributed by atoms with Crippen LogP contribution in [0, 0.1) is 19.8 Å². The average Bonchev–Trinajstić information content (AvgIpc) is 2.79. The largest absolute Gasteiger partial charge is 0.354 e. The van der Waals surface area contributed by atoms with E-state index in [1.54, 1.807) is 11.0 Å². The fourth-order valence-electron chi connectivity index (χ4n) is 4.25. The van der Waals surface area contributed by atoms with Crippen LogP contribution in [-0.2, 0) is 26.2 Å². The second kappa shape index (κ2) is 13.8. The number of anilines is 1. The number of halogens is 1. The highest BCUT2D eigenvalue weighted by Gasteiger charge is 2.29. The van der Waals surface area contributed by atoms with Crippen LogP contribution in [0.15, 0.2) is 42.5 Å². The van der Waals surface area contributed by atoms with E-state index in [2.05, 4.69) is 5.32 Å². The van der Waals surface area contributed by atoms with Gasteiger partial charge in [-0.1, -0.05) is 56.6 Å². The maximum absolute atomic E-state index is 13.5. The molecule has 1 N–H and O–H groups in total. The summed E-state index contributed by atoms with van der Waals surface area (Å²) in [5.74, 6) is -0.147. The number of benzene rings is 2. The molecule has 0 aliphatic carbocycles. The van der Waals surface area contributed by atoms with Gasteiger partial charge in [0.05, 0.1) is 11.9 Å². The first kappa shape index (κ1) is 30.6. The highest BCUT2D eigenvalue weighted by atomic mass is 35.5. The van der Waals surface area contributed by atoms with E-state index in [9.17, 15) is 18.0 Å². The summed E-state index contributed by atoms with van der Waals surface area (Å²) >= 11 is 6.38. The fourth-order valence-corrected chi connectivity index (χ4v) is 5.40. The molecule has 0 saturated carbocycles. The molecule has 0 aliphatic rings. The molecule has 0 aromatic heterocycles. The lowest BCUT2D eigenvalue weighted by molar-refractivity contribution is -0.141. The Labute approximate surface area is 227 Å². The van der Waals surface area contributed by atoms with E-state index in [4.69, 9.17) is 11.6 Å². The average molecular weight is 550 g/mol. The number of amides is 2. The van der Waals surface area contributed by atoms with Crippen molar-refractivity contribution in [3.63, 3.8) is 0 Å². The van der Waals surface area contributed by atoms with E-state index in [1.807, 2.05) is 71.0 Å². The van der Waals surface area contributed by atoms with E-state index in [0.29, 0.717) is 30.1 Å². The molecule has 0 heterocycles. The summed E-state index contributed by atoms with van der Waals surface area (Å²) in [7, 11) is -3.55. The maximum atomic E-state index is 13.5. The van der Waals surface area contributed by atoms with Crippen molar-refractivity contribution in [2.45, 2.75) is 66.5 Å². The lowest BCUT2D eigenvalue weighted by Gasteiger charge is -2.31. The highest BCUT2D eigenvalue weighted by Crippen LogP contribution is 2.23. The summed E-state index contributed by atoms with van der Waals surface area (Å²) in [4.78, 5) is 28.1. The predicted octanol–water partition coefficient (Wildman–Crippen LogP) is 5.08. The molecular weight excluding hydrogens is 510 g/mol. The molecule has 9 heteroatoms. The lowest BCUT2D eigenvalue weighted by Crippen LogP contribution is -2.49. The second-order valence-corrected chi connectivity index (χ2v) is 12.3. The maximum Gasteiger partial charge on any atom is 0.242 e. The molecule has 0 aliphatic heterocycles. The first-order valence-corrected chi connectivity index (χ1v) is 14.9. The van der Waals surface area contributed by atoms with Gasteiger partial charge in [0, 0.05) is 31.1 Å².